The second-order valence-corrected chi connectivity index (χ2v) is 5.14. The normalized spacial score (nSPS) is 17.6. The number of Topliss-reactive ketones (excluding diaryl/α,β-unsaturated/α-hetero) is 1. The lowest BCUT2D eigenvalue weighted by molar-refractivity contribution is -0.131. The molecule has 1 aromatic rings. The van der Waals surface area contributed by atoms with Gasteiger partial charge in [-0.25, -0.2) is 4.79 Å². The van der Waals surface area contributed by atoms with Crippen LogP contribution in [-0.4, -0.2) is 16.9 Å². The van der Waals surface area contributed by atoms with E-state index in [-0.39, 0.29) is 0 Å². The van der Waals surface area contributed by atoms with Gasteiger partial charge in [-0.1, -0.05) is 13.3 Å². The first-order valence-corrected chi connectivity index (χ1v) is 6.35. The minimum atomic E-state index is -1.37. The number of carboxylic acids is 1. The van der Waals surface area contributed by atoms with Crippen LogP contribution in [-0.2, 0) is 17.6 Å². The van der Waals surface area contributed by atoms with Crippen LogP contribution in [0, 0.1) is 19.8 Å². The maximum atomic E-state index is 11.7. The Hall–Kier alpha value is -1.64. The minimum absolute atomic E-state index is 0.357. The Bertz CT molecular complexity index is 529. The van der Waals surface area contributed by atoms with E-state index < -0.39 is 11.8 Å². The predicted octanol–water partition coefficient (Wildman–Crippen LogP) is 2.70. The topological polar surface area (TPSA) is 54.4 Å². The molecule has 0 aromatic heterocycles. The number of benzene rings is 1. The lowest BCUT2D eigenvalue weighted by atomic mass is 9.93. The summed E-state index contributed by atoms with van der Waals surface area (Å²) in [4.78, 5) is 22.5. The van der Waals surface area contributed by atoms with Crippen molar-refractivity contribution in [2.75, 3.05) is 0 Å². The van der Waals surface area contributed by atoms with E-state index in [4.69, 9.17) is 5.11 Å². The molecule has 0 aliphatic heterocycles. The van der Waals surface area contributed by atoms with E-state index in [9.17, 15) is 9.59 Å². The molecule has 96 valence electrons. The Morgan fingerprint density at radius 3 is 2.44 bits per heavy atom. The van der Waals surface area contributed by atoms with Crippen LogP contribution in [0.15, 0.2) is 6.07 Å². The number of aliphatic carboxylic acids is 1. The van der Waals surface area contributed by atoms with Crippen LogP contribution >= 0.6 is 0 Å². The zero-order chi connectivity index (χ0) is 13.4. The molecule has 0 heterocycles. The van der Waals surface area contributed by atoms with Gasteiger partial charge in [-0.15, -0.1) is 0 Å². The van der Waals surface area contributed by atoms with Gasteiger partial charge in [-0.3, -0.25) is 4.79 Å². The van der Waals surface area contributed by atoms with Gasteiger partial charge in [0, 0.05) is 5.56 Å². The van der Waals surface area contributed by atoms with E-state index in [0.29, 0.717) is 11.5 Å². The monoisotopic (exact) mass is 246 g/mol. The van der Waals surface area contributed by atoms with Crippen molar-refractivity contribution < 1.29 is 14.7 Å². The van der Waals surface area contributed by atoms with Crippen LogP contribution < -0.4 is 0 Å². The first kappa shape index (κ1) is 12.8. The number of carbonyl (C=O) groups excluding carboxylic acids is 1. The Balaban J connectivity index is 2.53. The van der Waals surface area contributed by atoms with Gasteiger partial charge >= 0.3 is 5.97 Å². The maximum Gasteiger partial charge on any atom is 0.377 e. The molecule has 2 rings (SSSR count). The largest absolute Gasteiger partial charge is 0.475 e. The van der Waals surface area contributed by atoms with Crippen LogP contribution in [0.5, 0.6) is 0 Å². The number of carbonyl (C=O) groups is 2. The number of ketones is 1. The minimum Gasteiger partial charge on any atom is -0.475 e. The SMILES string of the molecule is CCC1Cc2c(C)cc(C(=O)C(=O)O)c(C)c2C1. The van der Waals surface area contributed by atoms with Crippen molar-refractivity contribution in [3.8, 4) is 0 Å². The maximum absolute atomic E-state index is 11.7. The lowest BCUT2D eigenvalue weighted by Gasteiger charge is -2.11. The molecule has 0 amide bonds. The number of hydrogen-bond acceptors (Lipinski definition) is 2. The first-order valence-electron chi connectivity index (χ1n) is 6.35. The summed E-state index contributed by atoms with van der Waals surface area (Å²) in [6.07, 6.45) is 3.15. The zero-order valence-corrected chi connectivity index (χ0v) is 11.0. The van der Waals surface area contributed by atoms with E-state index in [1.807, 2.05) is 13.8 Å². The highest BCUT2D eigenvalue weighted by Gasteiger charge is 2.27. The molecule has 0 saturated heterocycles. The van der Waals surface area contributed by atoms with Crippen molar-refractivity contribution >= 4 is 11.8 Å². The van der Waals surface area contributed by atoms with Crippen molar-refractivity contribution in [3.05, 3.63) is 33.9 Å². The van der Waals surface area contributed by atoms with Crippen LogP contribution in [0.2, 0.25) is 0 Å². The lowest BCUT2D eigenvalue weighted by Crippen LogP contribution is -2.15. The second kappa shape index (κ2) is 4.56. The summed E-state index contributed by atoms with van der Waals surface area (Å²) in [5.74, 6) is -1.53. The molecule has 0 spiro atoms. The summed E-state index contributed by atoms with van der Waals surface area (Å²) < 4.78 is 0. The van der Waals surface area contributed by atoms with Crippen molar-refractivity contribution in [2.24, 2.45) is 5.92 Å². The molecular formula is C15H18O3. The number of carboxylic acid groups (broad SMARTS) is 1. The summed E-state index contributed by atoms with van der Waals surface area (Å²) >= 11 is 0. The number of fused-ring (bicyclic) bond motifs is 1. The molecular weight excluding hydrogens is 228 g/mol. The third-order valence-corrected chi connectivity index (χ3v) is 4.06. The quantitative estimate of drug-likeness (QED) is 0.659. The molecule has 1 unspecified atom stereocenters. The summed E-state index contributed by atoms with van der Waals surface area (Å²) in [6, 6.07) is 1.74. The Kier molecular flexibility index (Phi) is 3.24. The van der Waals surface area contributed by atoms with Gasteiger partial charge in [0.25, 0.3) is 5.78 Å². The molecule has 0 fully saturated rings. The van der Waals surface area contributed by atoms with Crippen molar-refractivity contribution in [1.82, 2.24) is 0 Å². The standard InChI is InChI=1S/C15H18O3/c1-4-10-6-11-8(2)5-13(14(16)15(17)18)9(3)12(11)7-10/h5,10H,4,6-7H2,1-3H3,(H,17,18). The molecule has 0 radical (unpaired) electrons. The molecule has 0 saturated carbocycles. The highest BCUT2D eigenvalue weighted by Crippen LogP contribution is 2.35. The van der Waals surface area contributed by atoms with Gasteiger partial charge in [0.2, 0.25) is 0 Å². The van der Waals surface area contributed by atoms with E-state index in [1.54, 1.807) is 6.07 Å². The van der Waals surface area contributed by atoms with Gasteiger partial charge in [0.05, 0.1) is 0 Å². The summed E-state index contributed by atoms with van der Waals surface area (Å²) in [5, 5.41) is 8.85. The third kappa shape index (κ3) is 1.94. The van der Waals surface area contributed by atoms with E-state index in [1.165, 1.54) is 11.1 Å². The number of hydrogen-bond donors (Lipinski definition) is 1. The van der Waals surface area contributed by atoms with Gasteiger partial charge < -0.3 is 5.11 Å². The molecule has 0 bridgehead atoms. The first-order chi connectivity index (χ1) is 8.45. The summed E-state index contributed by atoms with van der Waals surface area (Å²) in [7, 11) is 0. The average Bonchev–Trinajstić information content (AvgIpc) is 2.77. The molecule has 18 heavy (non-hydrogen) atoms. The van der Waals surface area contributed by atoms with E-state index in [0.717, 1.165) is 30.4 Å². The van der Waals surface area contributed by atoms with Crippen LogP contribution in [0.1, 0.15) is 46.0 Å². The average molecular weight is 246 g/mol. The van der Waals surface area contributed by atoms with E-state index >= 15 is 0 Å². The fourth-order valence-corrected chi connectivity index (χ4v) is 2.89. The van der Waals surface area contributed by atoms with Crippen LogP contribution in [0.4, 0.5) is 0 Å². The molecule has 1 N–H and O–H groups in total. The molecule has 1 aliphatic rings. The highest BCUT2D eigenvalue weighted by atomic mass is 16.4. The molecule has 3 heteroatoms. The number of aryl methyl sites for hydroxylation is 1. The summed E-state index contributed by atoms with van der Waals surface area (Å²) in [6.45, 7) is 6.01. The highest BCUT2D eigenvalue weighted by molar-refractivity contribution is 6.40. The van der Waals surface area contributed by atoms with Crippen LogP contribution in [0.25, 0.3) is 0 Å². The molecule has 1 aromatic carbocycles. The Morgan fingerprint density at radius 1 is 1.28 bits per heavy atom. The Labute approximate surface area is 107 Å². The third-order valence-electron chi connectivity index (χ3n) is 4.06. The fourth-order valence-electron chi connectivity index (χ4n) is 2.89. The van der Waals surface area contributed by atoms with Gasteiger partial charge in [0.15, 0.2) is 0 Å². The fraction of sp³-hybridized carbons (Fsp3) is 0.467. The van der Waals surface area contributed by atoms with Crippen molar-refractivity contribution in [2.45, 2.75) is 40.0 Å². The summed E-state index contributed by atoms with van der Waals surface area (Å²) in [5.41, 5.74) is 4.79. The Morgan fingerprint density at radius 2 is 1.89 bits per heavy atom. The van der Waals surface area contributed by atoms with Crippen molar-refractivity contribution in [3.63, 3.8) is 0 Å². The predicted molar refractivity (Wildman–Crippen MR) is 69.1 cm³/mol. The molecule has 1 aliphatic carbocycles. The van der Waals surface area contributed by atoms with Gasteiger partial charge in [-0.2, -0.15) is 0 Å². The zero-order valence-electron chi connectivity index (χ0n) is 11.0. The molecule has 3 nitrogen and oxygen atoms in total. The second-order valence-electron chi connectivity index (χ2n) is 5.14. The van der Waals surface area contributed by atoms with Gasteiger partial charge in [0.1, 0.15) is 0 Å². The van der Waals surface area contributed by atoms with E-state index in [2.05, 4.69) is 6.92 Å². The molecule has 1 atom stereocenters. The van der Waals surface area contributed by atoms with Crippen molar-refractivity contribution in [1.29, 1.82) is 0 Å². The smallest absolute Gasteiger partial charge is 0.377 e. The van der Waals surface area contributed by atoms with Gasteiger partial charge in [-0.05, 0) is 60.9 Å². The van der Waals surface area contributed by atoms with Crippen LogP contribution in [0.3, 0.4) is 0 Å². The number of rotatable bonds is 3.